The maximum absolute atomic E-state index is 12.2. The van der Waals surface area contributed by atoms with E-state index in [2.05, 4.69) is 22.8 Å². The van der Waals surface area contributed by atoms with Crippen molar-refractivity contribution in [3.8, 4) is 5.75 Å². The molecule has 0 fully saturated rings. The summed E-state index contributed by atoms with van der Waals surface area (Å²) < 4.78 is 5.10. The van der Waals surface area contributed by atoms with Crippen molar-refractivity contribution >= 4 is 11.8 Å². The van der Waals surface area contributed by atoms with E-state index >= 15 is 0 Å². The van der Waals surface area contributed by atoms with Crippen LogP contribution in [0.15, 0.2) is 42.5 Å². The first-order chi connectivity index (χ1) is 13.1. The van der Waals surface area contributed by atoms with Crippen molar-refractivity contribution < 1.29 is 14.3 Å². The van der Waals surface area contributed by atoms with Crippen LogP contribution in [0.2, 0.25) is 0 Å². The summed E-state index contributed by atoms with van der Waals surface area (Å²) in [4.78, 5) is 24.3. The van der Waals surface area contributed by atoms with Gasteiger partial charge in [-0.05, 0) is 67.0 Å². The topological polar surface area (TPSA) is 67.4 Å². The third-order valence-corrected chi connectivity index (χ3v) is 5.04. The second kappa shape index (κ2) is 8.71. The Balaban J connectivity index is 1.53. The molecule has 0 bridgehead atoms. The minimum absolute atomic E-state index is 0.212. The Labute approximate surface area is 160 Å². The van der Waals surface area contributed by atoms with Crippen LogP contribution in [0.25, 0.3) is 0 Å². The van der Waals surface area contributed by atoms with Gasteiger partial charge in [-0.3, -0.25) is 9.59 Å². The average Bonchev–Trinajstić information content (AvgIpc) is 2.71. The highest BCUT2D eigenvalue weighted by atomic mass is 16.5. The lowest BCUT2D eigenvalue weighted by Gasteiger charge is -2.20. The zero-order valence-corrected chi connectivity index (χ0v) is 15.9. The first kappa shape index (κ1) is 19.0. The molecule has 3 rings (SSSR count). The van der Waals surface area contributed by atoms with Crippen LogP contribution < -0.4 is 15.4 Å². The molecule has 0 aliphatic heterocycles. The minimum atomic E-state index is -0.629. The highest BCUT2D eigenvalue weighted by Gasteiger charge is 2.18. The average molecular weight is 366 g/mol. The highest BCUT2D eigenvalue weighted by molar-refractivity contribution is 6.35. The Morgan fingerprint density at radius 1 is 1.00 bits per heavy atom. The van der Waals surface area contributed by atoms with Gasteiger partial charge in [0.25, 0.3) is 0 Å². The monoisotopic (exact) mass is 366 g/mol. The molecule has 1 atom stereocenters. The molecule has 0 saturated carbocycles. The van der Waals surface area contributed by atoms with E-state index in [-0.39, 0.29) is 6.04 Å². The third-order valence-electron chi connectivity index (χ3n) is 5.04. The highest BCUT2D eigenvalue weighted by Crippen LogP contribution is 2.24. The second-order valence-electron chi connectivity index (χ2n) is 6.96. The number of carbonyl (C=O) groups excluding carboxylic acids is 2. The smallest absolute Gasteiger partial charge is 0.309 e. The Morgan fingerprint density at radius 3 is 2.41 bits per heavy atom. The van der Waals surface area contributed by atoms with E-state index in [9.17, 15) is 9.59 Å². The molecule has 1 aliphatic rings. The van der Waals surface area contributed by atoms with Gasteiger partial charge in [-0.15, -0.1) is 0 Å². The van der Waals surface area contributed by atoms with Crippen molar-refractivity contribution in [2.24, 2.45) is 0 Å². The molecule has 142 valence electrons. The van der Waals surface area contributed by atoms with E-state index in [1.807, 2.05) is 37.3 Å². The minimum Gasteiger partial charge on any atom is -0.497 e. The fraction of sp³-hybridized carbons (Fsp3) is 0.364. The molecule has 0 spiro atoms. The zero-order chi connectivity index (χ0) is 19.2. The fourth-order valence-corrected chi connectivity index (χ4v) is 3.37. The number of fused-ring (bicyclic) bond motifs is 1. The van der Waals surface area contributed by atoms with Crippen LogP contribution in [0.4, 0.5) is 0 Å². The molecule has 5 nitrogen and oxygen atoms in total. The Hall–Kier alpha value is -2.82. The van der Waals surface area contributed by atoms with Crippen LogP contribution in [-0.4, -0.2) is 18.9 Å². The van der Waals surface area contributed by atoms with Crippen LogP contribution in [0.5, 0.6) is 5.75 Å². The molecule has 5 heteroatoms. The molecule has 27 heavy (non-hydrogen) atoms. The summed E-state index contributed by atoms with van der Waals surface area (Å²) in [7, 11) is 1.60. The molecule has 2 amide bonds. The van der Waals surface area contributed by atoms with Crippen molar-refractivity contribution in [1.29, 1.82) is 0 Å². The van der Waals surface area contributed by atoms with E-state index in [1.165, 1.54) is 24.0 Å². The number of aryl methyl sites for hydroxylation is 2. The Bertz CT molecular complexity index is 815. The number of benzene rings is 2. The molecular formula is C22H26N2O3. The van der Waals surface area contributed by atoms with Crippen LogP contribution in [0.1, 0.15) is 48.1 Å². The summed E-state index contributed by atoms with van der Waals surface area (Å²) in [5.74, 6) is -0.494. The van der Waals surface area contributed by atoms with E-state index in [0.29, 0.717) is 6.54 Å². The van der Waals surface area contributed by atoms with E-state index in [4.69, 9.17) is 4.74 Å². The van der Waals surface area contributed by atoms with Gasteiger partial charge in [0.05, 0.1) is 13.2 Å². The number of amides is 2. The maximum atomic E-state index is 12.2. The lowest BCUT2D eigenvalue weighted by Crippen LogP contribution is -2.40. The second-order valence-corrected chi connectivity index (χ2v) is 6.96. The Morgan fingerprint density at radius 2 is 1.70 bits per heavy atom. The molecule has 2 aromatic rings. The van der Waals surface area contributed by atoms with Gasteiger partial charge in [-0.25, -0.2) is 0 Å². The predicted octanol–water partition coefficient (Wildman–Crippen LogP) is 3.07. The lowest BCUT2D eigenvalue weighted by molar-refractivity contribution is -0.139. The molecule has 2 aromatic carbocycles. The standard InChI is InChI=1S/C22H26N2O3/c1-15(18-10-9-17-5-3-4-6-19(17)13-18)24-22(26)21(25)23-14-16-7-11-20(27-2)12-8-16/h7-13,15H,3-6,14H2,1-2H3,(H,23,25)(H,24,26). The van der Waals surface area contributed by atoms with Gasteiger partial charge in [0.2, 0.25) is 0 Å². The first-order valence-corrected chi connectivity index (χ1v) is 9.40. The molecule has 0 saturated heterocycles. The Kier molecular flexibility index (Phi) is 6.12. The van der Waals surface area contributed by atoms with Gasteiger partial charge in [-0.1, -0.05) is 30.3 Å². The fourth-order valence-electron chi connectivity index (χ4n) is 3.37. The summed E-state index contributed by atoms with van der Waals surface area (Å²) in [6.07, 6.45) is 4.67. The number of carbonyl (C=O) groups is 2. The van der Waals surface area contributed by atoms with Crippen LogP contribution >= 0.6 is 0 Å². The number of rotatable bonds is 5. The van der Waals surface area contributed by atoms with Gasteiger partial charge in [0.15, 0.2) is 0 Å². The number of nitrogens with one attached hydrogen (secondary N) is 2. The van der Waals surface area contributed by atoms with Crippen molar-refractivity contribution in [1.82, 2.24) is 10.6 Å². The lowest BCUT2D eigenvalue weighted by atomic mass is 9.89. The summed E-state index contributed by atoms with van der Waals surface area (Å²) in [6.45, 7) is 2.20. The van der Waals surface area contributed by atoms with Gasteiger partial charge in [-0.2, -0.15) is 0 Å². The van der Waals surface area contributed by atoms with Crippen LogP contribution in [0.3, 0.4) is 0 Å². The van der Waals surface area contributed by atoms with E-state index < -0.39 is 11.8 Å². The molecular weight excluding hydrogens is 340 g/mol. The summed E-state index contributed by atoms with van der Waals surface area (Å²) >= 11 is 0. The number of hydrogen-bond acceptors (Lipinski definition) is 3. The zero-order valence-electron chi connectivity index (χ0n) is 15.9. The first-order valence-electron chi connectivity index (χ1n) is 9.40. The summed E-state index contributed by atoms with van der Waals surface area (Å²) in [5.41, 5.74) is 4.70. The third kappa shape index (κ3) is 4.88. The van der Waals surface area contributed by atoms with Gasteiger partial charge in [0.1, 0.15) is 5.75 Å². The van der Waals surface area contributed by atoms with Crippen molar-refractivity contribution in [3.05, 3.63) is 64.7 Å². The molecule has 0 heterocycles. The largest absolute Gasteiger partial charge is 0.497 e. The molecule has 1 unspecified atom stereocenters. The van der Waals surface area contributed by atoms with Gasteiger partial charge < -0.3 is 15.4 Å². The number of hydrogen-bond donors (Lipinski definition) is 2. The summed E-state index contributed by atoms with van der Waals surface area (Å²) in [6, 6.07) is 13.5. The molecule has 0 radical (unpaired) electrons. The van der Waals surface area contributed by atoms with Gasteiger partial charge >= 0.3 is 11.8 Å². The number of ether oxygens (including phenoxy) is 1. The van der Waals surface area contributed by atoms with Crippen molar-refractivity contribution in [2.45, 2.75) is 45.2 Å². The SMILES string of the molecule is COc1ccc(CNC(=O)C(=O)NC(C)c2ccc3c(c2)CCCC3)cc1. The maximum Gasteiger partial charge on any atom is 0.309 e. The molecule has 0 aromatic heterocycles. The van der Waals surface area contributed by atoms with E-state index in [1.54, 1.807) is 7.11 Å². The number of methoxy groups -OCH3 is 1. The quantitative estimate of drug-likeness (QED) is 0.799. The van der Waals surface area contributed by atoms with Crippen molar-refractivity contribution in [3.63, 3.8) is 0 Å². The summed E-state index contributed by atoms with van der Waals surface area (Å²) in [5, 5.41) is 5.44. The van der Waals surface area contributed by atoms with Gasteiger partial charge in [0, 0.05) is 6.54 Å². The van der Waals surface area contributed by atoms with Crippen LogP contribution in [-0.2, 0) is 29.0 Å². The molecule has 1 aliphatic carbocycles. The normalized spacial score (nSPS) is 14.0. The molecule has 2 N–H and O–H groups in total. The van der Waals surface area contributed by atoms with Crippen LogP contribution in [0, 0.1) is 0 Å². The van der Waals surface area contributed by atoms with E-state index in [0.717, 1.165) is 29.7 Å². The predicted molar refractivity (Wildman–Crippen MR) is 104 cm³/mol. The van der Waals surface area contributed by atoms with Crippen molar-refractivity contribution in [2.75, 3.05) is 7.11 Å².